The largest absolute Gasteiger partial charge is 0.373 e. The zero-order chi connectivity index (χ0) is 13.9. The van der Waals surface area contributed by atoms with Crippen molar-refractivity contribution in [3.63, 3.8) is 0 Å². The van der Waals surface area contributed by atoms with Crippen molar-refractivity contribution in [1.29, 1.82) is 0 Å². The van der Waals surface area contributed by atoms with Gasteiger partial charge in [-0.05, 0) is 43.7 Å². The lowest BCUT2D eigenvalue weighted by molar-refractivity contribution is -0.123. The van der Waals surface area contributed by atoms with Crippen LogP contribution < -0.4 is 11.5 Å². The quantitative estimate of drug-likeness (QED) is 0.847. The van der Waals surface area contributed by atoms with E-state index in [1.54, 1.807) is 6.92 Å². The first kappa shape index (κ1) is 14.0. The lowest BCUT2D eigenvalue weighted by Crippen LogP contribution is -2.50. The summed E-state index contributed by atoms with van der Waals surface area (Å²) >= 11 is 0. The number of nitrogens with two attached hydrogens (primary N) is 2. The maximum Gasteiger partial charge on any atom is 0.237 e. The van der Waals surface area contributed by atoms with Crippen LogP contribution in [0.4, 0.5) is 0 Å². The van der Waals surface area contributed by atoms with Crippen LogP contribution in [0.1, 0.15) is 43.4 Å². The van der Waals surface area contributed by atoms with E-state index in [1.807, 2.05) is 6.07 Å². The standard InChI is InChI=1S/C15H22N2O2/c1-15(17,14(16)18)9-10-19-13-8-4-6-11-5-2-3-7-12(11)13/h2-3,5,7,13H,4,6,8-10,17H2,1H3,(H2,16,18). The summed E-state index contributed by atoms with van der Waals surface area (Å²) in [5.74, 6) is -0.486. The highest BCUT2D eigenvalue weighted by Gasteiger charge is 2.26. The number of carbonyl (C=O) groups excluding carboxylic acids is 1. The van der Waals surface area contributed by atoms with Crippen molar-refractivity contribution in [2.24, 2.45) is 11.5 Å². The SMILES string of the molecule is CC(N)(CCOC1CCCc2ccccc21)C(N)=O. The molecule has 0 spiro atoms. The van der Waals surface area contributed by atoms with Crippen LogP contribution in [0, 0.1) is 0 Å². The van der Waals surface area contributed by atoms with Gasteiger partial charge in [0.1, 0.15) is 0 Å². The fraction of sp³-hybridized carbons (Fsp3) is 0.533. The third-order valence-corrected chi connectivity index (χ3v) is 3.82. The van der Waals surface area contributed by atoms with Gasteiger partial charge in [-0.1, -0.05) is 24.3 Å². The monoisotopic (exact) mass is 262 g/mol. The van der Waals surface area contributed by atoms with Gasteiger partial charge in [-0.2, -0.15) is 0 Å². The molecule has 2 rings (SSSR count). The molecule has 4 nitrogen and oxygen atoms in total. The number of ether oxygens (including phenoxy) is 1. The molecule has 0 aliphatic heterocycles. The normalized spacial score (nSPS) is 21.5. The minimum atomic E-state index is -0.992. The van der Waals surface area contributed by atoms with Crippen molar-refractivity contribution in [2.45, 2.75) is 44.2 Å². The van der Waals surface area contributed by atoms with E-state index in [9.17, 15) is 4.79 Å². The molecule has 0 radical (unpaired) electrons. The van der Waals surface area contributed by atoms with Gasteiger partial charge in [-0.15, -0.1) is 0 Å². The predicted molar refractivity (Wildman–Crippen MR) is 74.5 cm³/mol. The first-order chi connectivity index (χ1) is 9.00. The smallest absolute Gasteiger partial charge is 0.237 e. The summed E-state index contributed by atoms with van der Waals surface area (Å²) in [7, 11) is 0. The Morgan fingerprint density at radius 2 is 2.21 bits per heavy atom. The van der Waals surface area contributed by atoms with Crippen LogP contribution in [0.25, 0.3) is 0 Å². The van der Waals surface area contributed by atoms with E-state index in [4.69, 9.17) is 16.2 Å². The van der Waals surface area contributed by atoms with E-state index in [2.05, 4.69) is 18.2 Å². The van der Waals surface area contributed by atoms with Gasteiger partial charge in [0.05, 0.1) is 11.6 Å². The summed E-state index contributed by atoms with van der Waals surface area (Å²) in [6, 6.07) is 8.37. The van der Waals surface area contributed by atoms with Gasteiger partial charge < -0.3 is 16.2 Å². The van der Waals surface area contributed by atoms with Crippen molar-refractivity contribution in [1.82, 2.24) is 0 Å². The molecule has 1 amide bonds. The molecule has 0 aromatic heterocycles. The molecule has 1 aliphatic carbocycles. The lowest BCUT2D eigenvalue weighted by Gasteiger charge is -2.27. The van der Waals surface area contributed by atoms with Crippen molar-refractivity contribution in [3.8, 4) is 0 Å². The van der Waals surface area contributed by atoms with Crippen LogP contribution in [-0.4, -0.2) is 18.1 Å². The highest BCUT2D eigenvalue weighted by molar-refractivity contribution is 5.83. The summed E-state index contributed by atoms with van der Waals surface area (Å²) in [5, 5.41) is 0. The minimum Gasteiger partial charge on any atom is -0.373 e. The Bertz CT molecular complexity index is 457. The second-order valence-corrected chi connectivity index (χ2v) is 5.48. The molecular formula is C15H22N2O2. The molecule has 4 heteroatoms. The third-order valence-electron chi connectivity index (χ3n) is 3.82. The van der Waals surface area contributed by atoms with E-state index in [-0.39, 0.29) is 6.10 Å². The maximum absolute atomic E-state index is 11.1. The van der Waals surface area contributed by atoms with E-state index in [1.165, 1.54) is 11.1 Å². The van der Waals surface area contributed by atoms with Crippen molar-refractivity contribution in [3.05, 3.63) is 35.4 Å². The summed E-state index contributed by atoms with van der Waals surface area (Å²) in [6.07, 6.45) is 3.84. The van der Waals surface area contributed by atoms with E-state index < -0.39 is 11.4 Å². The maximum atomic E-state index is 11.1. The zero-order valence-corrected chi connectivity index (χ0v) is 11.4. The van der Waals surface area contributed by atoms with Crippen LogP contribution in [-0.2, 0) is 16.0 Å². The fourth-order valence-corrected chi connectivity index (χ4v) is 2.42. The Labute approximate surface area is 114 Å². The Balaban J connectivity index is 1.93. The van der Waals surface area contributed by atoms with E-state index in [0.29, 0.717) is 13.0 Å². The van der Waals surface area contributed by atoms with Gasteiger partial charge >= 0.3 is 0 Å². The Morgan fingerprint density at radius 3 is 2.95 bits per heavy atom. The molecule has 4 N–H and O–H groups in total. The van der Waals surface area contributed by atoms with Crippen molar-refractivity contribution < 1.29 is 9.53 Å². The summed E-state index contributed by atoms with van der Waals surface area (Å²) in [5.41, 5.74) is 12.7. The first-order valence-corrected chi connectivity index (χ1v) is 6.79. The zero-order valence-electron chi connectivity index (χ0n) is 11.4. The Hall–Kier alpha value is -1.39. The fourth-order valence-electron chi connectivity index (χ4n) is 2.42. The first-order valence-electron chi connectivity index (χ1n) is 6.79. The number of aryl methyl sites for hydroxylation is 1. The number of hydrogen-bond acceptors (Lipinski definition) is 3. The Kier molecular flexibility index (Phi) is 4.22. The highest BCUT2D eigenvalue weighted by atomic mass is 16.5. The van der Waals surface area contributed by atoms with Crippen LogP contribution in [0.2, 0.25) is 0 Å². The number of benzene rings is 1. The number of rotatable bonds is 5. The lowest BCUT2D eigenvalue weighted by atomic mass is 9.89. The number of amides is 1. The number of primary amides is 1. The minimum absolute atomic E-state index is 0.119. The molecule has 104 valence electrons. The summed E-state index contributed by atoms with van der Waals surface area (Å²) in [6.45, 7) is 2.10. The van der Waals surface area contributed by atoms with Gasteiger partial charge in [-0.25, -0.2) is 0 Å². The predicted octanol–water partition coefficient (Wildman–Crippen LogP) is 1.67. The van der Waals surface area contributed by atoms with Gasteiger partial charge in [0, 0.05) is 6.61 Å². The van der Waals surface area contributed by atoms with Gasteiger partial charge in [-0.3, -0.25) is 4.79 Å². The second kappa shape index (κ2) is 5.72. The molecule has 1 aromatic carbocycles. The average molecular weight is 262 g/mol. The van der Waals surface area contributed by atoms with E-state index in [0.717, 1.165) is 19.3 Å². The molecule has 1 aromatic rings. The molecule has 0 fully saturated rings. The summed E-state index contributed by atoms with van der Waals surface area (Å²) < 4.78 is 5.91. The molecule has 2 unspecified atom stereocenters. The van der Waals surface area contributed by atoms with Crippen LogP contribution in [0.3, 0.4) is 0 Å². The third kappa shape index (κ3) is 3.33. The molecule has 1 aliphatic rings. The van der Waals surface area contributed by atoms with Gasteiger partial charge in [0.25, 0.3) is 0 Å². The van der Waals surface area contributed by atoms with E-state index >= 15 is 0 Å². The topological polar surface area (TPSA) is 78.3 Å². The van der Waals surface area contributed by atoms with Crippen LogP contribution >= 0.6 is 0 Å². The number of carbonyl (C=O) groups is 1. The molecular weight excluding hydrogens is 240 g/mol. The second-order valence-electron chi connectivity index (χ2n) is 5.48. The number of hydrogen-bond donors (Lipinski definition) is 2. The van der Waals surface area contributed by atoms with Crippen LogP contribution in [0.15, 0.2) is 24.3 Å². The van der Waals surface area contributed by atoms with Gasteiger partial charge in [0.15, 0.2) is 0 Å². The molecule has 0 saturated carbocycles. The highest BCUT2D eigenvalue weighted by Crippen LogP contribution is 2.32. The number of fused-ring (bicyclic) bond motifs is 1. The molecule has 0 saturated heterocycles. The van der Waals surface area contributed by atoms with Crippen LogP contribution in [0.5, 0.6) is 0 Å². The molecule has 2 atom stereocenters. The molecule has 0 heterocycles. The Morgan fingerprint density at radius 1 is 1.47 bits per heavy atom. The van der Waals surface area contributed by atoms with Crippen molar-refractivity contribution >= 4 is 5.91 Å². The van der Waals surface area contributed by atoms with Crippen molar-refractivity contribution in [2.75, 3.05) is 6.61 Å². The van der Waals surface area contributed by atoms with Gasteiger partial charge in [0.2, 0.25) is 5.91 Å². The average Bonchev–Trinajstić information content (AvgIpc) is 2.38. The molecule has 0 bridgehead atoms. The molecule has 19 heavy (non-hydrogen) atoms. The summed E-state index contributed by atoms with van der Waals surface area (Å²) in [4.78, 5) is 11.1.